The van der Waals surface area contributed by atoms with E-state index in [1.807, 2.05) is 30.5 Å². The monoisotopic (exact) mass is 412 g/mol. The minimum Gasteiger partial charge on any atom is -0.360 e. The molecule has 1 aromatic carbocycles. The first-order chi connectivity index (χ1) is 13.5. The molecule has 0 saturated heterocycles. The maximum Gasteiger partial charge on any atom is 0.0666 e. The minimum absolute atomic E-state index is 0.0303. The predicted molar refractivity (Wildman–Crippen MR) is 128 cm³/mol. The average Bonchev–Trinajstić information content (AvgIpc) is 3.05. The summed E-state index contributed by atoms with van der Waals surface area (Å²) in [5, 5.41) is 4.63. The highest BCUT2D eigenvalue weighted by Crippen LogP contribution is 2.33. The highest BCUT2D eigenvalue weighted by atomic mass is 32.1. The van der Waals surface area contributed by atoms with Crippen LogP contribution in [-0.4, -0.2) is 28.6 Å². The van der Waals surface area contributed by atoms with E-state index in [0.717, 1.165) is 34.5 Å². The van der Waals surface area contributed by atoms with E-state index >= 15 is 0 Å². The van der Waals surface area contributed by atoms with Gasteiger partial charge in [0.05, 0.1) is 11.4 Å². The van der Waals surface area contributed by atoms with Crippen LogP contribution in [0.15, 0.2) is 66.4 Å². The number of H-pyrrole nitrogens is 1. The van der Waals surface area contributed by atoms with Gasteiger partial charge in [-0.1, -0.05) is 36.9 Å². The van der Waals surface area contributed by atoms with Crippen LogP contribution in [0, 0.1) is 0 Å². The number of hydrogen-bond donors (Lipinski definition) is 6. The third-order valence-electron chi connectivity index (χ3n) is 4.89. The van der Waals surface area contributed by atoms with Gasteiger partial charge in [0.15, 0.2) is 0 Å². The number of para-hydroxylation sites is 1. The first kappa shape index (κ1) is 20.9. The fourth-order valence-electron chi connectivity index (χ4n) is 3.44. The summed E-state index contributed by atoms with van der Waals surface area (Å²) >= 11 is 8.75. The zero-order valence-electron chi connectivity index (χ0n) is 15.9. The van der Waals surface area contributed by atoms with E-state index in [-0.39, 0.29) is 12.1 Å². The van der Waals surface area contributed by atoms with E-state index in [0.29, 0.717) is 17.9 Å². The van der Waals surface area contributed by atoms with Gasteiger partial charge in [0.1, 0.15) is 0 Å². The number of benzene rings is 1. The Morgan fingerprint density at radius 2 is 1.71 bits per heavy atom. The van der Waals surface area contributed by atoms with Crippen molar-refractivity contribution < 1.29 is 0 Å². The summed E-state index contributed by atoms with van der Waals surface area (Å²) in [6.45, 7) is 4.27. The van der Waals surface area contributed by atoms with Crippen LogP contribution < -0.4 is 16.8 Å². The number of thiol groups is 2. The van der Waals surface area contributed by atoms with Crippen LogP contribution in [0.4, 0.5) is 0 Å². The predicted octanol–water partition coefficient (Wildman–Crippen LogP) is 3.56. The molecule has 4 nitrogen and oxygen atoms in total. The van der Waals surface area contributed by atoms with Gasteiger partial charge in [-0.2, -0.15) is 25.3 Å². The van der Waals surface area contributed by atoms with Crippen LogP contribution >= 0.6 is 25.3 Å². The fraction of sp³-hybridized carbons (Fsp3) is 0.273. The van der Waals surface area contributed by atoms with Crippen molar-refractivity contribution >= 4 is 41.9 Å². The summed E-state index contributed by atoms with van der Waals surface area (Å²) in [6, 6.07) is 8.21. The Labute approximate surface area is 177 Å². The van der Waals surface area contributed by atoms with Crippen molar-refractivity contribution in [3.63, 3.8) is 0 Å². The maximum absolute atomic E-state index is 6.27. The number of nitrogens with one attached hydrogen (secondary N) is 2. The van der Waals surface area contributed by atoms with Gasteiger partial charge in [0, 0.05) is 40.7 Å². The molecule has 6 N–H and O–H groups in total. The van der Waals surface area contributed by atoms with Crippen LogP contribution in [0.3, 0.4) is 0 Å². The Bertz CT molecular complexity index is 939. The third kappa shape index (κ3) is 4.58. The zero-order chi connectivity index (χ0) is 20.1. The molecule has 0 aliphatic carbocycles. The van der Waals surface area contributed by atoms with Gasteiger partial charge < -0.3 is 21.8 Å². The Hall–Kier alpha value is -1.86. The summed E-state index contributed by atoms with van der Waals surface area (Å²) in [5.74, 6) is 1.23. The summed E-state index contributed by atoms with van der Waals surface area (Å²) in [7, 11) is 0. The van der Waals surface area contributed by atoms with E-state index in [1.165, 1.54) is 10.9 Å². The SMILES string of the molecule is C=C1/C=C\C=C/N/C(c2[nH]c3ccccc3c2C[C@@H](N)CS)=C\1C[C@@H](N)CS. The first-order valence-electron chi connectivity index (χ1n) is 9.40. The summed E-state index contributed by atoms with van der Waals surface area (Å²) in [6.07, 6.45) is 9.28. The standard InChI is InChI=1S/C22H28N4S2/c1-14-6-4-5-9-25-21(18(14)10-15(23)12-27)22-19(11-16(24)13-28)17-7-2-3-8-20(17)26-22/h2-9,15-16,25-28H,1,10-13,23-24H2/b6-4-,9-5-,21-18-/t15-,16-/m1/s1. The smallest absolute Gasteiger partial charge is 0.0666 e. The highest BCUT2D eigenvalue weighted by Gasteiger charge is 2.21. The second-order valence-electron chi connectivity index (χ2n) is 7.06. The molecule has 2 atom stereocenters. The lowest BCUT2D eigenvalue weighted by molar-refractivity contribution is 0.744. The average molecular weight is 413 g/mol. The number of hydrogen-bond acceptors (Lipinski definition) is 5. The zero-order valence-corrected chi connectivity index (χ0v) is 17.6. The fourth-order valence-corrected chi connectivity index (χ4v) is 3.70. The number of nitrogens with two attached hydrogens (primary N) is 2. The van der Waals surface area contributed by atoms with Gasteiger partial charge in [-0.15, -0.1) is 0 Å². The van der Waals surface area contributed by atoms with Gasteiger partial charge in [-0.05, 0) is 41.7 Å². The molecule has 0 unspecified atom stereocenters. The van der Waals surface area contributed by atoms with E-state index in [2.05, 4.69) is 60.3 Å². The Morgan fingerprint density at radius 3 is 2.46 bits per heavy atom. The van der Waals surface area contributed by atoms with Crippen LogP contribution in [0.1, 0.15) is 17.7 Å². The number of fused-ring (bicyclic) bond motifs is 1. The second kappa shape index (κ2) is 9.56. The molecule has 0 amide bonds. The molecule has 0 bridgehead atoms. The maximum atomic E-state index is 6.27. The minimum atomic E-state index is -0.0591. The van der Waals surface area contributed by atoms with Gasteiger partial charge in [0.2, 0.25) is 0 Å². The molecule has 2 heterocycles. The lowest BCUT2D eigenvalue weighted by Gasteiger charge is -2.21. The van der Waals surface area contributed by atoms with Gasteiger partial charge in [-0.25, -0.2) is 0 Å². The van der Waals surface area contributed by atoms with Crippen LogP contribution in [-0.2, 0) is 6.42 Å². The second-order valence-corrected chi connectivity index (χ2v) is 7.79. The van der Waals surface area contributed by atoms with Crippen LogP contribution in [0.5, 0.6) is 0 Å². The summed E-state index contributed by atoms with van der Waals surface area (Å²) < 4.78 is 0. The molecule has 1 aliphatic rings. The van der Waals surface area contributed by atoms with Crippen molar-refractivity contribution in [2.24, 2.45) is 11.5 Å². The topological polar surface area (TPSA) is 79.9 Å². The molecule has 3 rings (SSSR count). The highest BCUT2D eigenvalue weighted by molar-refractivity contribution is 7.80. The number of aromatic nitrogens is 1. The molecule has 28 heavy (non-hydrogen) atoms. The largest absolute Gasteiger partial charge is 0.360 e. The normalized spacial score (nSPS) is 21.6. The Kier molecular flexibility index (Phi) is 7.13. The van der Waals surface area contributed by atoms with Crippen molar-refractivity contribution in [1.29, 1.82) is 0 Å². The lowest BCUT2D eigenvalue weighted by Crippen LogP contribution is -2.26. The van der Waals surface area contributed by atoms with Crippen LogP contribution in [0.25, 0.3) is 16.6 Å². The molecule has 0 saturated carbocycles. The molecule has 6 heteroatoms. The molecular formula is C22H28N4S2. The van der Waals surface area contributed by atoms with Crippen molar-refractivity contribution in [2.45, 2.75) is 24.9 Å². The molecule has 0 radical (unpaired) electrons. The Morgan fingerprint density at radius 1 is 1.00 bits per heavy atom. The van der Waals surface area contributed by atoms with Gasteiger partial charge in [0.25, 0.3) is 0 Å². The molecule has 2 aromatic rings. The summed E-state index contributed by atoms with van der Waals surface area (Å²) in [5.41, 5.74) is 18.8. The number of allylic oxidation sites excluding steroid dienone is 4. The number of aromatic amines is 1. The molecule has 1 aliphatic heterocycles. The molecular weight excluding hydrogens is 384 g/mol. The van der Waals surface area contributed by atoms with E-state index in [4.69, 9.17) is 11.5 Å². The molecule has 0 fully saturated rings. The number of rotatable bonds is 7. The van der Waals surface area contributed by atoms with Gasteiger partial charge >= 0.3 is 0 Å². The van der Waals surface area contributed by atoms with Gasteiger partial charge in [-0.3, -0.25) is 0 Å². The molecule has 0 spiro atoms. The lowest BCUT2D eigenvalue weighted by atomic mass is 9.93. The van der Waals surface area contributed by atoms with Crippen molar-refractivity contribution in [3.8, 4) is 0 Å². The van der Waals surface area contributed by atoms with Crippen molar-refractivity contribution in [3.05, 3.63) is 77.7 Å². The molecule has 148 valence electrons. The molecule has 1 aromatic heterocycles. The van der Waals surface area contributed by atoms with Crippen LogP contribution in [0.2, 0.25) is 0 Å². The van der Waals surface area contributed by atoms with Crippen molar-refractivity contribution in [1.82, 2.24) is 10.3 Å². The van der Waals surface area contributed by atoms with Crippen molar-refractivity contribution in [2.75, 3.05) is 11.5 Å². The third-order valence-corrected chi connectivity index (χ3v) is 5.83. The first-order valence-corrected chi connectivity index (χ1v) is 10.7. The Balaban J connectivity index is 2.22. The summed E-state index contributed by atoms with van der Waals surface area (Å²) in [4.78, 5) is 3.59. The van der Waals surface area contributed by atoms with E-state index < -0.39 is 0 Å². The van der Waals surface area contributed by atoms with E-state index in [1.54, 1.807) is 0 Å². The van der Waals surface area contributed by atoms with E-state index in [9.17, 15) is 0 Å². The quantitative estimate of drug-likeness (QED) is 0.394.